The summed E-state index contributed by atoms with van der Waals surface area (Å²) in [6, 6.07) is 8.07. The second-order valence-corrected chi connectivity index (χ2v) is 5.25. The molecule has 1 aliphatic carbocycles. The van der Waals surface area contributed by atoms with Crippen LogP contribution in [0.3, 0.4) is 0 Å². The van der Waals surface area contributed by atoms with Gasteiger partial charge in [0.1, 0.15) is 5.60 Å². The first-order valence-electron chi connectivity index (χ1n) is 6.57. The van der Waals surface area contributed by atoms with Crippen LogP contribution in [0.15, 0.2) is 29.3 Å². The highest BCUT2D eigenvalue weighted by molar-refractivity contribution is 5.79. The lowest BCUT2D eigenvalue weighted by atomic mass is 9.82. The van der Waals surface area contributed by atoms with Gasteiger partial charge < -0.3 is 10.2 Å². The Labute approximate surface area is 108 Å². The van der Waals surface area contributed by atoms with Crippen LogP contribution in [0.1, 0.15) is 36.8 Å². The number of aryl methyl sites for hydroxylation is 1. The standard InChI is InChI=1S/C15H21NO2/c1-12-5-7-13(8-6-12)10-16-11-15(18)9-3-2-4-14(15)17/h5-8,10,14,17-18H,2-4,9,11H2,1H3/t14-,15-/m1/s1. The van der Waals surface area contributed by atoms with Crippen LogP contribution in [0, 0.1) is 6.92 Å². The van der Waals surface area contributed by atoms with Gasteiger partial charge in [0.2, 0.25) is 0 Å². The monoisotopic (exact) mass is 247 g/mol. The summed E-state index contributed by atoms with van der Waals surface area (Å²) >= 11 is 0. The molecule has 2 atom stereocenters. The highest BCUT2D eigenvalue weighted by Gasteiger charge is 2.37. The predicted octanol–water partition coefficient (Wildman–Crippen LogP) is 2.08. The summed E-state index contributed by atoms with van der Waals surface area (Å²) in [6.07, 6.45) is 4.40. The molecule has 0 aromatic heterocycles. The molecule has 3 nitrogen and oxygen atoms in total. The third kappa shape index (κ3) is 3.18. The molecular weight excluding hydrogens is 226 g/mol. The Morgan fingerprint density at radius 3 is 2.72 bits per heavy atom. The highest BCUT2D eigenvalue weighted by Crippen LogP contribution is 2.28. The first kappa shape index (κ1) is 13.2. The van der Waals surface area contributed by atoms with Crippen LogP contribution in [-0.4, -0.2) is 34.7 Å². The molecule has 1 fully saturated rings. The molecule has 98 valence electrons. The summed E-state index contributed by atoms with van der Waals surface area (Å²) < 4.78 is 0. The molecule has 2 rings (SSSR count). The summed E-state index contributed by atoms with van der Waals surface area (Å²) in [5.74, 6) is 0. The summed E-state index contributed by atoms with van der Waals surface area (Å²) in [6.45, 7) is 2.32. The van der Waals surface area contributed by atoms with E-state index in [9.17, 15) is 10.2 Å². The van der Waals surface area contributed by atoms with Crippen LogP contribution < -0.4 is 0 Å². The zero-order valence-corrected chi connectivity index (χ0v) is 10.8. The van der Waals surface area contributed by atoms with Crippen LogP contribution in [0.5, 0.6) is 0 Å². The van der Waals surface area contributed by atoms with Crippen molar-refractivity contribution >= 4 is 6.21 Å². The minimum atomic E-state index is -1.03. The summed E-state index contributed by atoms with van der Waals surface area (Å²) in [5, 5.41) is 20.1. The maximum absolute atomic E-state index is 10.3. The topological polar surface area (TPSA) is 52.8 Å². The average Bonchev–Trinajstić information content (AvgIpc) is 2.36. The predicted molar refractivity (Wildman–Crippen MR) is 73.1 cm³/mol. The molecule has 1 aromatic carbocycles. The molecule has 0 bridgehead atoms. The maximum atomic E-state index is 10.3. The molecule has 0 unspecified atom stereocenters. The van der Waals surface area contributed by atoms with E-state index in [1.807, 2.05) is 31.2 Å². The van der Waals surface area contributed by atoms with Crippen LogP contribution >= 0.6 is 0 Å². The van der Waals surface area contributed by atoms with Gasteiger partial charge >= 0.3 is 0 Å². The molecule has 3 heteroatoms. The molecule has 0 saturated heterocycles. The molecule has 0 spiro atoms. The van der Waals surface area contributed by atoms with E-state index in [0.29, 0.717) is 12.8 Å². The molecule has 0 aliphatic heterocycles. The van der Waals surface area contributed by atoms with Crippen LogP contribution in [0.4, 0.5) is 0 Å². The molecule has 1 aromatic rings. The van der Waals surface area contributed by atoms with Gasteiger partial charge in [-0.3, -0.25) is 4.99 Å². The minimum Gasteiger partial charge on any atom is -0.390 e. The second-order valence-electron chi connectivity index (χ2n) is 5.25. The molecule has 18 heavy (non-hydrogen) atoms. The maximum Gasteiger partial charge on any atom is 0.110 e. The van der Waals surface area contributed by atoms with Crippen LogP contribution in [0.25, 0.3) is 0 Å². The Balaban J connectivity index is 1.96. The number of rotatable bonds is 3. The van der Waals surface area contributed by atoms with Crippen molar-refractivity contribution < 1.29 is 10.2 Å². The van der Waals surface area contributed by atoms with Gasteiger partial charge in [-0.1, -0.05) is 42.7 Å². The highest BCUT2D eigenvalue weighted by atomic mass is 16.3. The first-order valence-corrected chi connectivity index (χ1v) is 6.57. The van der Waals surface area contributed by atoms with Crippen molar-refractivity contribution in [2.75, 3.05) is 6.54 Å². The van der Waals surface area contributed by atoms with E-state index in [-0.39, 0.29) is 6.54 Å². The fourth-order valence-corrected chi connectivity index (χ4v) is 2.35. The summed E-state index contributed by atoms with van der Waals surface area (Å²) in [5.41, 5.74) is 1.21. The van der Waals surface area contributed by atoms with Crippen LogP contribution in [0.2, 0.25) is 0 Å². The first-order chi connectivity index (χ1) is 8.60. The van der Waals surface area contributed by atoms with Crippen molar-refractivity contribution in [3.63, 3.8) is 0 Å². The summed E-state index contributed by atoms with van der Waals surface area (Å²) in [4.78, 5) is 4.28. The minimum absolute atomic E-state index is 0.280. The Bertz CT molecular complexity index is 413. The van der Waals surface area contributed by atoms with Gasteiger partial charge in [0.05, 0.1) is 12.6 Å². The van der Waals surface area contributed by atoms with E-state index in [1.54, 1.807) is 6.21 Å². The van der Waals surface area contributed by atoms with Crippen molar-refractivity contribution in [2.24, 2.45) is 4.99 Å². The Morgan fingerprint density at radius 2 is 2.06 bits per heavy atom. The molecule has 1 saturated carbocycles. The number of nitrogens with zero attached hydrogens (tertiary/aromatic N) is 1. The largest absolute Gasteiger partial charge is 0.390 e. The fraction of sp³-hybridized carbons (Fsp3) is 0.533. The van der Waals surface area contributed by atoms with Gasteiger partial charge in [-0.15, -0.1) is 0 Å². The second kappa shape index (κ2) is 5.63. The number of aliphatic imine (C=N–C) groups is 1. The van der Waals surface area contributed by atoms with Crippen molar-refractivity contribution in [3.8, 4) is 0 Å². The van der Waals surface area contributed by atoms with Gasteiger partial charge in [0.25, 0.3) is 0 Å². The smallest absolute Gasteiger partial charge is 0.110 e. The van der Waals surface area contributed by atoms with Crippen molar-refractivity contribution in [1.82, 2.24) is 0 Å². The quantitative estimate of drug-likeness (QED) is 0.803. The molecule has 0 radical (unpaired) electrons. The average molecular weight is 247 g/mol. The SMILES string of the molecule is Cc1ccc(C=NC[C@]2(O)CCCC[C@H]2O)cc1. The Hall–Kier alpha value is -1.19. The molecule has 2 N–H and O–H groups in total. The number of benzene rings is 1. The Kier molecular flexibility index (Phi) is 4.15. The van der Waals surface area contributed by atoms with Crippen LogP contribution in [-0.2, 0) is 0 Å². The molecule has 0 amide bonds. The zero-order chi connectivity index (χ0) is 13.0. The zero-order valence-electron chi connectivity index (χ0n) is 10.8. The fourth-order valence-electron chi connectivity index (χ4n) is 2.35. The van der Waals surface area contributed by atoms with Crippen molar-refractivity contribution in [2.45, 2.75) is 44.3 Å². The van der Waals surface area contributed by atoms with Gasteiger partial charge in [-0.2, -0.15) is 0 Å². The Morgan fingerprint density at radius 1 is 1.33 bits per heavy atom. The summed E-state index contributed by atoms with van der Waals surface area (Å²) in [7, 11) is 0. The van der Waals surface area contributed by atoms with Gasteiger partial charge in [-0.05, 0) is 25.3 Å². The van der Waals surface area contributed by atoms with E-state index in [4.69, 9.17) is 0 Å². The normalized spacial score (nSPS) is 28.7. The van der Waals surface area contributed by atoms with E-state index in [2.05, 4.69) is 4.99 Å². The third-order valence-corrected chi connectivity index (χ3v) is 3.64. The lowest BCUT2D eigenvalue weighted by Crippen LogP contribution is -2.47. The van der Waals surface area contributed by atoms with E-state index < -0.39 is 11.7 Å². The van der Waals surface area contributed by atoms with Crippen molar-refractivity contribution in [1.29, 1.82) is 0 Å². The lowest BCUT2D eigenvalue weighted by molar-refractivity contribution is -0.0921. The van der Waals surface area contributed by atoms with E-state index >= 15 is 0 Å². The molecule has 1 aliphatic rings. The number of aliphatic hydroxyl groups is 2. The third-order valence-electron chi connectivity index (χ3n) is 3.64. The van der Waals surface area contributed by atoms with Crippen molar-refractivity contribution in [3.05, 3.63) is 35.4 Å². The molecular formula is C15H21NO2. The van der Waals surface area contributed by atoms with Gasteiger partial charge in [0.15, 0.2) is 0 Å². The molecule has 0 heterocycles. The van der Waals surface area contributed by atoms with E-state index in [0.717, 1.165) is 18.4 Å². The van der Waals surface area contributed by atoms with Gasteiger partial charge in [0, 0.05) is 6.21 Å². The lowest BCUT2D eigenvalue weighted by Gasteiger charge is -2.35. The van der Waals surface area contributed by atoms with E-state index in [1.165, 1.54) is 5.56 Å². The number of hydrogen-bond acceptors (Lipinski definition) is 3. The number of aliphatic hydroxyl groups excluding tert-OH is 1. The van der Waals surface area contributed by atoms with Gasteiger partial charge in [-0.25, -0.2) is 0 Å². The number of hydrogen-bond donors (Lipinski definition) is 2.